The Morgan fingerprint density at radius 2 is 1.92 bits per heavy atom. The third-order valence-electron chi connectivity index (χ3n) is 4.65. The predicted octanol–water partition coefficient (Wildman–Crippen LogP) is 2.00. The van der Waals surface area contributed by atoms with Gasteiger partial charge in [-0.1, -0.05) is 32.0 Å². The van der Waals surface area contributed by atoms with E-state index >= 15 is 0 Å². The zero-order valence-corrected chi connectivity index (χ0v) is 16.2. The summed E-state index contributed by atoms with van der Waals surface area (Å²) in [5.41, 5.74) is 2.02. The lowest BCUT2D eigenvalue weighted by atomic mass is 10.0. The van der Waals surface area contributed by atoms with Crippen LogP contribution < -0.4 is 10.2 Å². The van der Waals surface area contributed by atoms with Crippen LogP contribution in [0.4, 0.5) is 5.69 Å². The van der Waals surface area contributed by atoms with Crippen molar-refractivity contribution < 1.29 is 14.3 Å². The quantitative estimate of drug-likeness (QED) is 0.769. The van der Waals surface area contributed by atoms with Crippen LogP contribution in [0.3, 0.4) is 0 Å². The molecule has 1 N–H and O–H groups in total. The molecule has 0 aromatic heterocycles. The monoisotopic (exact) mass is 361 g/mol. The van der Waals surface area contributed by atoms with Crippen LogP contribution in [0.5, 0.6) is 0 Å². The maximum absolute atomic E-state index is 12.2. The van der Waals surface area contributed by atoms with Gasteiger partial charge in [-0.15, -0.1) is 0 Å². The molecule has 1 aliphatic rings. The molecule has 6 heteroatoms. The highest BCUT2D eigenvalue weighted by Crippen LogP contribution is 2.27. The number of carbonyl (C=O) groups is 2. The number of nitrogens with one attached hydrogen (secondary N) is 1. The van der Waals surface area contributed by atoms with E-state index in [1.165, 1.54) is 0 Å². The van der Waals surface area contributed by atoms with E-state index < -0.39 is 0 Å². The first kappa shape index (κ1) is 20.4. The van der Waals surface area contributed by atoms with Crippen LogP contribution in [-0.4, -0.2) is 62.7 Å². The number of carbonyl (C=O) groups excluding carboxylic acids is 2. The summed E-state index contributed by atoms with van der Waals surface area (Å²) in [6.45, 7) is 11.0. The van der Waals surface area contributed by atoms with Gasteiger partial charge in [0, 0.05) is 51.8 Å². The lowest BCUT2D eigenvalue weighted by Gasteiger charge is -2.27. The van der Waals surface area contributed by atoms with Crippen molar-refractivity contribution >= 4 is 17.5 Å². The summed E-state index contributed by atoms with van der Waals surface area (Å²) in [6, 6.07) is 7.90. The highest BCUT2D eigenvalue weighted by atomic mass is 16.5. The lowest BCUT2D eigenvalue weighted by molar-refractivity contribution is -0.121. The molecule has 0 aliphatic carbocycles. The smallest absolute Gasteiger partial charge is 0.223 e. The van der Waals surface area contributed by atoms with Gasteiger partial charge in [0.25, 0.3) is 0 Å². The molecule has 0 unspecified atom stereocenters. The van der Waals surface area contributed by atoms with Crippen LogP contribution in [0.15, 0.2) is 24.3 Å². The molecule has 144 valence electrons. The normalized spacial score (nSPS) is 15.1. The number of amides is 2. The highest BCUT2D eigenvalue weighted by molar-refractivity contribution is 5.93. The molecule has 0 radical (unpaired) electrons. The van der Waals surface area contributed by atoms with E-state index in [9.17, 15) is 9.59 Å². The van der Waals surface area contributed by atoms with Crippen LogP contribution in [0.25, 0.3) is 0 Å². The van der Waals surface area contributed by atoms with Gasteiger partial charge in [-0.3, -0.25) is 14.5 Å². The first-order valence-corrected chi connectivity index (χ1v) is 9.43. The Balaban J connectivity index is 1.84. The van der Waals surface area contributed by atoms with Crippen LogP contribution in [0.1, 0.15) is 38.7 Å². The molecule has 1 aliphatic heterocycles. The summed E-state index contributed by atoms with van der Waals surface area (Å²) in [6.07, 6.45) is 0.301. The topological polar surface area (TPSA) is 61.9 Å². The number of morpholine rings is 1. The van der Waals surface area contributed by atoms with E-state index in [1.54, 1.807) is 11.8 Å². The van der Waals surface area contributed by atoms with Crippen molar-refractivity contribution in [1.29, 1.82) is 0 Å². The molecule has 1 aromatic carbocycles. The SMILES string of the molecule is CC(=O)N(CCC(=O)NCCN1CCOCC1)c1ccccc1C(C)C. The number of para-hydroxylation sites is 1. The number of anilines is 1. The molecule has 2 amide bonds. The van der Waals surface area contributed by atoms with E-state index in [0.717, 1.165) is 44.1 Å². The summed E-state index contributed by atoms with van der Waals surface area (Å²) in [5, 5.41) is 2.95. The number of benzene rings is 1. The highest BCUT2D eigenvalue weighted by Gasteiger charge is 2.18. The van der Waals surface area contributed by atoms with Crippen LogP contribution in [0, 0.1) is 0 Å². The standard InChI is InChI=1S/C20H31N3O3/c1-16(2)18-6-4-5-7-19(18)23(17(3)24)10-8-20(25)21-9-11-22-12-14-26-15-13-22/h4-7,16H,8-15H2,1-3H3,(H,21,25). The van der Waals surface area contributed by atoms with Crippen LogP contribution in [-0.2, 0) is 14.3 Å². The van der Waals surface area contributed by atoms with Crippen molar-refractivity contribution in [2.24, 2.45) is 0 Å². The van der Waals surface area contributed by atoms with Gasteiger partial charge in [0.15, 0.2) is 0 Å². The first-order chi connectivity index (χ1) is 12.5. The zero-order valence-electron chi connectivity index (χ0n) is 16.2. The molecule has 0 bridgehead atoms. The zero-order chi connectivity index (χ0) is 18.9. The van der Waals surface area contributed by atoms with Crippen molar-refractivity contribution in [3.63, 3.8) is 0 Å². The molecule has 6 nitrogen and oxygen atoms in total. The molecule has 0 saturated carbocycles. The summed E-state index contributed by atoms with van der Waals surface area (Å²) < 4.78 is 5.32. The van der Waals surface area contributed by atoms with Crippen molar-refractivity contribution in [3.8, 4) is 0 Å². The van der Waals surface area contributed by atoms with Gasteiger partial charge >= 0.3 is 0 Å². The van der Waals surface area contributed by atoms with Gasteiger partial charge in [-0.25, -0.2) is 0 Å². The van der Waals surface area contributed by atoms with Crippen molar-refractivity contribution in [2.45, 2.75) is 33.1 Å². The Kier molecular flexibility index (Phi) is 8.06. The second kappa shape index (κ2) is 10.3. The fraction of sp³-hybridized carbons (Fsp3) is 0.600. The molecule has 0 spiro atoms. The summed E-state index contributed by atoms with van der Waals surface area (Å²) >= 11 is 0. The largest absolute Gasteiger partial charge is 0.379 e. The number of hydrogen-bond donors (Lipinski definition) is 1. The van der Waals surface area contributed by atoms with E-state index in [0.29, 0.717) is 25.4 Å². The summed E-state index contributed by atoms with van der Waals surface area (Å²) in [7, 11) is 0. The number of hydrogen-bond acceptors (Lipinski definition) is 4. The summed E-state index contributed by atoms with van der Waals surface area (Å²) in [5.74, 6) is 0.251. The molecular weight excluding hydrogens is 330 g/mol. The van der Waals surface area contributed by atoms with Gasteiger partial charge in [0.2, 0.25) is 11.8 Å². The predicted molar refractivity (Wildman–Crippen MR) is 103 cm³/mol. The molecule has 1 aromatic rings. The Hall–Kier alpha value is -1.92. The fourth-order valence-corrected chi connectivity index (χ4v) is 3.15. The Bertz CT molecular complexity index is 598. The minimum Gasteiger partial charge on any atom is -0.379 e. The van der Waals surface area contributed by atoms with Gasteiger partial charge in [-0.05, 0) is 17.5 Å². The molecule has 1 fully saturated rings. The van der Waals surface area contributed by atoms with E-state index in [2.05, 4.69) is 24.1 Å². The van der Waals surface area contributed by atoms with Crippen molar-refractivity contribution in [3.05, 3.63) is 29.8 Å². The maximum atomic E-state index is 12.2. The molecule has 1 saturated heterocycles. The fourth-order valence-electron chi connectivity index (χ4n) is 3.15. The van der Waals surface area contributed by atoms with Crippen molar-refractivity contribution in [1.82, 2.24) is 10.2 Å². The molecule has 2 rings (SSSR count). The number of rotatable bonds is 8. The number of nitrogens with zero attached hydrogens (tertiary/aromatic N) is 2. The van der Waals surface area contributed by atoms with Crippen LogP contribution >= 0.6 is 0 Å². The number of ether oxygens (including phenoxy) is 1. The van der Waals surface area contributed by atoms with Crippen molar-refractivity contribution in [2.75, 3.05) is 50.8 Å². The molecular formula is C20H31N3O3. The first-order valence-electron chi connectivity index (χ1n) is 9.43. The minimum absolute atomic E-state index is 0.0217. The lowest BCUT2D eigenvalue weighted by Crippen LogP contribution is -2.42. The van der Waals surface area contributed by atoms with Gasteiger partial charge in [0.05, 0.1) is 13.2 Å². The van der Waals surface area contributed by atoms with Gasteiger partial charge in [0.1, 0.15) is 0 Å². The minimum atomic E-state index is -0.0424. The second-order valence-corrected chi connectivity index (χ2v) is 6.94. The Morgan fingerprint density at radius 3 is 2.58 bits per heavy atom. The van der Waals surface area contributed by atoms with Gasteiger partial charge < -0.3 is 15.0 Å². The second-order valence-electron chi connectivity index (χ2n) is 6.94. The van der Waals surface area contributed by atoms with E-state index in [4.69, 9.17) is 4.74 Å². The van der Waals surface area contributed by atoms with Crippen LogP contribution in [0.2, 0.25) is 0 Å². The maximum Gasteiger partial charge on any atom is 0.223 e. The molecule has 1 heterocycles. The Morgan fingerprint density at radius 1 is 1.23 bits per heavy atom. The molecule has 0 atom stereocenters. The van der Waals surface area contributed by atoms with E-state index in [-0.39, 0.29) is 11.8 Å². The third kappa shape index (κ3) is 6.11. The Labute approximate surface area is 156 Å². The molecule has 26 heavy (non-hydrogen) atoms. The summed E-state index contributed by atoms with van der Waals surface area (Å²) in [4.78, 5) is 28.3. The average Bonchev–Trinajstić information content (AvgIpc) is 2.63. The van der Waals surface area contributed by atoms with Gasteiger partial charge in [-0.2, -0.15) is 0 Å². The average molecular weight is 361 g/mol. The van der Waals surface area contributed by atoms with E-state index in [1.807, 2.05) is 24.3 Å². The third-order valence-corrected chi connectivity index (χ3v) is 4.65.